The van der Waals surface area contributed by atoms with Gasteiger partial charge in [-0.05, 0) is 34.4 Å². The molecule has 0 amide bonds. The van der Waals surface area contributed by atoms with Crippen LogP contribution in [0.5, 0.6) is 0 Å². The monoisotopic (exact) mass is 567 g/mol. The van der Waals surface area contributed by atoms with E-state index in [2.05, 4.69) is 91.0 Å². The van der Waals surface area contributed by atoms with E-state index in [-0.39, 0.29) is 0 Å². The largest absolute Gasteiger partial charge is 0.208 e. The van der Waals surface area contributed by atoms with Crippen molar-refractivity contribution in [1.82, 2.24) is 15.0 Å². The molecule has 0 spiro atoms. The van der Waals surface area contributed by atoms with Gasteiger partial charge in [-0.25, -0.2) is 15.0 Å². The molecule has 0 radical (unpaired) electrons. The third-order valence-electron chi connectivity index (χ3n) is 7.75. The van der Waals surface area contributed by atoms with Gasteiger partial charge in [0.15, 0.2) is 17.5 Å². The standard InChI is InChI=1S/C39H25N3S/c1-4-13-26(14-5-1)29-19-10-20-30(25-29)31-21-11-22-32-33-23-12-24-34(36(33)43-35(31)32)39-41-37(27-15-6-2-7-16-27)40-38(42-39)28-17-8-3-9-18-28/h1-25H. The number of hydrogen-bond acceptors (Lipinski definition) is 4. The molecule has 3 nitrogen and oxygen atoms in total. The maximum atomic E-state index is 5.03. The topological polar surface area (TPSA) is 38.7 Å². The second-order valence-corrected chi connectivity index (χ2v) is 11.5. The van der Waals surface area contributed by atoms with E-state index in [4.69, 9.17) is 15.0 Å². The molecule has 0 aliphatic carbocycles. The molecule has 2 heterocycles. The zero-order valence-corrected chi connectivity index (χ0v) is 24.0. The minimum absolute atomic E-state index is 0.668. The maximum Gasteiger partial charge on any atom is 0.165 e. The first kappa shape index (κ1) is 25.3. The van der Waals surface area contributed by atoms with Crippen molar-refractivity contribution in [2.24, 2.45) is 0 Å². The Morgan fingerprint density at radius 1 is 0.326 bits per heavy atom. The lowest BCUT2D eigenvalue weighted by molar-refractivity contribution is 1.08. The highest BCUT2D eigenvalue weighted by Crippen LogP contribution is 2.44. The van der Waals surface area contributed by atoms with Crippen LogP contribution < -0.4 is 0 Å². The molecule has 0 saturated carbocycles. The number of nitrogens with zero attached hydrogens (tertiary/aromatic N) is 3. The van der Waals surface area contributed by atoms with E-state index in [1.807, 2.05) is 72.0 Å². The van der Waals surface area contributed by atoms with Crippen LogP contribution in [0.25, 0.3) is 76.6 Å². The van der Waals surface area contributed by atoms with Crippen LogP contribution in [0.15, 0.2) is 152 Å². The summed E-state index contributed by atoms with van der Waals surface area (Å²) < 4.78 is 2.43. The van der Waals surface area contributed by atoms with Crippen molar-refractivity contribution in [1.29, 1.82) is 0 Å². The molecule has 202 valence electrons. The highest BCUT2D eigenvalue weighted by molar-refractivity contribution is 7.26. The Bertz CT molecular complexity index is 2170. The Kier molecular flexibility index (Phi) is 6.32. The van der Waals surface area contributed by atoms with Gasteiger partial charge in [-0.2, -0.15) is 0 Å². The van der Waals surface area contributed by atoms with Gasteiger partial charge in [0.05, 0.1) is 0 Å². The summed E-state index contributed by atoms with van der Waals surface area (Å²) in [6.45, 7) is 0. The highest BCUT2D eigenvalue weighted by atomic mass is 32.1. The summed E-state index contributed by atoms with van der Waals surface area (Å²) in [7, 11) is 0. The van der Waals surface area contributed by atoms with E-state index in [0.29, 0.717) is 17.5 Å². The molecule has 6 aromatic carbocycles. The number of benzene rings is 6. The van der Waals surface area contributed by atoms with Gasteiger partial charge in [0.1, 0.15) is 0 Å². The number of aromatic nitrogens is 3. The zero-order valence-electron chi connectivity index (χ0n) is 23.2. The van der Waals surface area contributed by atoms with Crippen molar-refractivity contribution >= 4 is 31.5 Å². The van der Waals surface area contributed by atoms with Crippen LogP contribution in [0.3, 0.4) is 0 Å². The fraction of sp³-hybridized carbons (Fsp3) is 0. The second-order valence-electron chi connectivity index (χ2n) is 10.5. The van der Waals surface area contributed by atoms with Crippen LogP contribution in [-0.2, 0) is 0 Å². The van der Waals surface area contributed by atoms with Crippen LogP contribution in [0.1, 0.15) is 0 Å². The third-order valence-corrected chi connectivity index (χ3v) is 9.03. The van der Waals surface area contributed by atoms with Crippen LogP contribution in [0, 0.1) is 0 Å². The van der Waals surface area contributed by atoms with Crippen LogP contribution in [-0.4, -0.2) is 15.0 Å². The van der Waals surface area contributed by atoms with Crippen molar-refractivity contribution in [3.8, 4) is 56.4 Å². The van der Waals surface area contributed by atoms with Gasteiger partial charge in [0, 0.05) is 36.9 Å². The van der Waals surface area contributed by atoms with Gasteiger partial charge >= 0.3 is 0 Å². The minimum atomic E-state index is 0.668. The van der Waals surface area contributed by atoms with E-state index >= 15 is 0 Å². The van der Waals surface area contributed by atoms with E-state index in [1.54, 1.807) is 0 Å². The van der Waals surface area contributed by atoms with Crippen molar-refractivity contribution in [2.75, 3.05) is 0 Å². The maximum absolute atomic E-state index is 5.03. The predicted molar refractivity (Wildman–Crippen MR) is 180 cm³/mol. The first-order chi connectivity index (χ1) is 21.3. The Morgan fingerprint density at radius 3 is 1.37 bits per heavy atom. The average molecular weight is 568 g/mol. The van der Waals surface area contributed by atoms with Crippen molar-refractivity contribution in [3.05, 3.63) is 152 Å². The summed E-state index contributed by atoms with van der Waals surface area (Å²) in [4.78, 5) is 15.0. The van der Waals surface area contributed by atoms with E-state index in [0.717, 1.165) is 16.7 Å². The molecule has 2 aromatic heterocycles. The predicted octanol–water partition coefficient (Wildman–Crippen LogP) is 10.6. The zero-order chi connectivity index (χ0) is 28.6. The molecule has 8 aromatic rings. The molecule has 0 saturated heterocycles. The fourth-order valence-corrected chi connectivity index (χ4v) is 6.99. The second kappa shape index (κ2) is 10.8. The first-order valence-corrected chi connectivity index (χ1v) is 15.1. The molecule has 0 aliphatic rings. The van der Waals surface area contributed by atoms with E-state index < -0.39 is 0 Å². The molecule has 0 bridgehead atoms. The van der Waals surface area contributed by atoms with Crippen LogP contribution in [0.2, 0.25) is 0 Å². The van der Waals surface area contributed by atoms with Gasteiger partial charge < -0.3 is 0 Å². The summed E-state index contributed by atoms with van der Waals surface area (Å²) in [6.07, 6.45) is 0. The lowest BCUT2D eigenvalue weighted by Gasteiger charge is -2.09. The molecular formula is C39H25N3S. The molecule has 0 atom stereocenters. The molecule has 0 fully saturated rings. The van der Waals surface area contributed by atoms with Crippen LogP contribution in [0.4, 0.5) is 0 Å². The SMILES string of the molecule is c1ccc(-c2cccc(-c3cccc4c3sc3c(-c5nc(-c6ccccc6)nc(-c6ccccc6)n5)cccc34)c2)cc1. The minimum Gasteiger partial charge on any atom is -0.208 e. The Hall–Kier alpha value is -5.45. The lowest BCUT2D eigenvalue weighted by Crippen LogP contribution is -2.00. The quantitative estimate of drug-likeness (QED) is 0.208. The van der Waals surface area contributed by atoms with E-state index in [1.165, 1.54) is 42.4 Å². The molecule has 4 heteroatoms. The lowest BCUT2D eigenvalue weighted by atomic mass is 9.98. The van der Waals surface area contributed by atoms with Gasteiger partial charge in [-0.1, -0.05) is 140 Å². The highest BCUT2D eigenvalue weighted by Gasteiger charge is 2.18. The smallest absolute Gasteiger partial charge is 0.165 e. The third kappa shape index (κ3) is 4.68. The van der Waals surface area contributed by atoms with Crippen molar-refractivity contribution in [3.63, 3.8) is 0 Å². The molecule has 0 N–H and O–H groups in total. The van der Waals surface area contributed by atoms with Gasteiger partial charge in [0.25, 0.3) is 0 Å². The number of thiophene rings is 1. The van der Waals surface area contributed by atoms with Gasteiger partial charge in [0.2, 0.25) is 0 Å². The van der Waals surface area contributed by atoms with Crippen molar-refractivity contribution < 1.29 is 0 Å². The number of rotatable bonds is 5. The summed E-state index contributed by atoms with van der Waals surface area (Å²) in [5.41, 5.74) is 7.81. The summed E-state index contributed by atoms with van der Waals surface area (Å²) in [6, 6.07) is 52.7. The fourth-order valence-electron chi connectivity index (χ4n) is 5.65. The molecule has 0 aliphatic heterocycles. The van der Waals surface area contributed by atoms with E-state index in [9.17, 15) is 0 Å². The Morgan fingerprint density at radius 2 is 0.767 bits per heavy atom. The number of fused-ring (bicyclic) bond motifs is 3. The number of hydrogen-bond donors (Lipinski definition) is 0. The average Bonchev–Trinajstić information content (AvgIpc) is 3.48. The molecule has 0 unspecified atom stereocenters. The van der Waals surface area contributed by atoms with Gasteiger partial charge in [-0.3, -0.25) is 0 Å². The summed E-state index contributed by atoms with van der Waals surface area (Å²) >= 11 is 1.81. The van der Waals surface area contributed by atoms with Crippen LogP contribution >= 0.6 is 11.3 Å². The van der Waals surface area contributed by atoms with Gasteiger partial charge in [-0.15, -0.1) is 11.3 Å². The normalized spacial score (nSPS) is 11.3. The first-order valence-electron chi connectivity index (χ1n) is 14.3. The molecular weight excluding hydrogens is 543 g/mol. The van der Waals surface area contributed by atoms with Crippen molar-refractivity contribution in [2.45, 2.75) is 0 Å². The molecule has 43 heavy (non-hydrogen) atoms. The Balaban J connectivity index is 1.32. The summed E-state index contributed by atoms with van der Waals surface area (Å²) in [5, 5.41) is 2.45. The Labute approximate surface area is 253 Å². The summed E-state index contributed by atoms with van der Waals surface area (Å²) in [5.74, 6) is 2.01. The molecule has 8 rings (SSSR count).